The van der Waals surface area contributed by atoms with Gasteiger partial charge in [-0.3, -0.25) is 15.0 Å². The maximum atomic E-state index is 13.3. The van der Waals surface area contributed by atoms with Crippen LogP contribution in [0.2, 0.25) is 0 Å². The van der Waals surface area contributed by atoms with Gasteiger partial charge < -0.3 is 15.0 Å². The van der Waals surface area contributed by atoms with E-state index in [0.717, 1.165) is 58.3 Å². The second-order valence-electron chi connectivity index (χ2n) is 10.1. The topological polar surface area (TPSA) is 114 Å². The van der Waals surface area contributed by atoms with E-state index in [1.807, 2.05) is 25.7 Å². The van der Waals surface area contributed by atoms with Gasteiger partial charge >= 0.3 is 6.09 Å². The van der Waals surface area contributed by atoms with Gasteiger partial charge in [-0.05, 0) is 45.7 Å². The maximum Gasteiger partial charge on any atom is 0.416 e. The number of carbonyl (C=O) groups excluding carboxylic acids is 1. The van der Waals surface area contributed by atoms with Crippen LogP contribution in [-0.4, -0.2) is 58.8 Å². The molecule has 0 aromatic carbocycles. The highest BCUT2D eigenvalue weighted by Gasteiger charge is 2.32. The van der Waals surface area contributed by atoms with E-state index in [4.69, 9.17) is 9.72 Å². The number of piperazine rings is 1. The second-order valence-corrected chi connectivity index (χ2v) is 10.1. The number of hydrogen-bond donors (Lipinski definition) is 1. The molecule has 1 aliphatic carbocycles. The summed E-state index contributed by atoms with van der Waals surface area (Å²) in [5.74, 6) is 1.05. The van der Waals surface area contributed by atoms with Crippen LogP contribution in [0.25, 0.3) is 11.3 Å². The first kappa shape index (κ1) is 24.8. The number of ether oxygens (including phenoxy) is 1. The molecule has 2 aromatic heterocycles. The van der Waals surface area contributed by atoms with Crippen molar-refractivity contribution in [3.63, 3.8) is 0 Å². The van der Waals surface area contributed by atoms with E-state index in [2.05, 4.69) is 10.3 Å². The Morgan fingerprint density at radius 3 is 2.54 bits per heavy atom. The molecule has 4 rings (SSSR count). The molecule has 0 atom stereocenters. The summed E-state index contributed by atoms with van der Waals surface area (Å²) < 4.78 is 5.73. The van der Waals surface area contributed by atoms with Crippen molar-refractivity contribution in [1.82, 2.24) is 15.3 Å². The second kappa shape index (κ2) is 10.6. The highest BCUT2D eigenvalue weighted by atomic mass is 16.6. The van der Waals surface area contributed by atoms with Gasteiger partial charge in [0, 0.05) is 50.0 Å². The quantitative estimate of drug-likeness (QED) is 0.488. The van der Waals surface area contributed by atoms with Gasteiger partial charge in [0.15, 0.2) is 0 Å². The minimum absolute atomic E-state index is 0.00386. The summed E-state index contributed by atoms with van der Waals surface area (Å²) in [4.78, 5) is 37.5. The maximum absolute atomic E-state index is 13.3. The van der Waals surface area contributed by atoms with Crippen LogP contribution in [0.3, 0.4) is 0 Å². The smallest absolute Gasteiger partial charge is 0.416 e. The third-order valence-corrected chi connectivity index (χ3v) is 6.27. The van der Waals surface area contributed by atoms with Crippen molar-refractivity contribution in [3.05, 3.63) is 40.6 Å². The molecule has 3 heterocycles. The average molecular weight is 483 g/mol. The molecule has 0 radical (unpaired) electrons. The van der Waals surface area contributed by atoms with Gasteiger partial charge in [0.05, 0.1) is 16.7 Å². The van der Waals surface area contributed by atoms with Crippen molar-refractivity contribution < 1.29 is 14.5 Å². The highest BCUT2D eigenvalue weighted by Crippen LogP contribution is 2.32. The molecule has 188 valence electrons. The molecule has 10 heteroatoms. The summed E-state index contributed by atoms with van der Waals surface area (Å²) in [7, 11) is 0. The largest absolute Gasteiger partial charge is 0.443 e. The molecule has 2 fully saturated rings. The lowest BCUT2D eigenvalue weighted by molar-refractivity contribution is -0.384. The molecule has 1 saturated carbocycles. The van der Waals surface area contributed by atoms with Gasteiger partial charge in [-0.15, -0.1) is 0 Å². The Bertz CT molecular complexity index is 1060. The fourth-order valence-corrected chi connectivity index (χ4v) is 4.60. The monoisotopic (exact) mass is 482 g/mol. The van der Waals surface area contributed by atoms with Crippen molar-refractivity contribution in [2.24, 2.45) is 0 Å². The zero-order valence-electron chi connectivity index (χ0n) is 20.7. The first-order valence-electron chi connectivity index (χ1n) is 12.3. The van der Waals surface area contributed by atoms with Crippen LogP contribution in [0.15, 0.2) is 30.5 Å². The zero-order chi connectivity index (χ0) is 25.0. The summed E-state index contributed by atoms with van der Waals surface area (Å²) in [5, 5.41) is 15.0. The van der Waals surface area contributed by atoms with Gasteiger partial charge in [0.25, 0.3) is 5.69 Å². The molecular weight excluding hydrogens is 448 g/mol. The molecule has 1 aliphatic heterocycles. The molecule has 0 spiro atoms. The van der Waals surface area contributed by atoms with E-state index < -0.39 is 16.6 Å². The fraction of sp³-hybridized carbons (Fsp3) is 0.560. The Kier molecular flexibility index (Phi) is 7.49. The number of aromatic nitrogens is 2. The van der Waals surface area contributed by atoms with Gasteiger partial charge in [-0.25, -0.2) is 14.8 Å². The minimum Gasteiger partial charge on any atom is -0.443 e. The molecular formula is C25H34N6O4. The SMILES string of the molecule is CC(C)(C)OC(=O)N(c1cc(-c2cc([N+](=O)[O-])cc(N3CCNCC3)n2)ccn1)C1CCCCC1. The number of nitro groups is 1. The molecule has 10 nitrogen and oxygen atoms in total. The predicted octanol–water partition coefficient (Wildman–Crippen LogP) is 4.54. The van der Waals surface area contributed by atoms with Gasteiger partial charge in [-0.2, -0.15) is 0 Å². The van der Waals surface area contributed by atoms with Crippen LogP contribution >= 0.6 is 0 Å². The Hall–Kier alpha value is -3.27. The van der Waals surface area contributed by atoms with E-state index in [9.17, 15) is 14.9 Å². The summed E-state index contributed by atoms with van der Waals surface area (Å²) in [6.45, 7) is 8.58. The zero-order valence-corrected chi connectivity index (χ0v) is 20.7. The van der Waals surface area contributed by atoms with Crippen molar-refractivity contribution in [1.29, 1.82) is 0 Å². The van der Waals surface area contributed by atoms with Gasteiger partial charge in [-0.1, -0.05) is 19.3 Å². The standard InChI is InChI=1S/C25H34N6O4/c1-25(2,3)35-24(32)30(19-7-5-4-6-8-19)22-15-18(9-10-27-22)21-16-20(31(33)34)17-23(28-21)29-13-11-26-12-14-29/h9-10,15-17,19,26H,4-8,11-14H2,1-3H3. The lowest BCUT2D eigenvalue weighted by atomic mass is 9.94. The molecule has 0 bridgehead atoms. The number of anilines is 2. The number of amides is 1. The summed E-state index contributed by atoms with van der Waals surface area (Å²) in [5.41, 5.74) is 0.489. The lowest BCUT2D eigenvalue weighted by Gasteiger charge is -2.35. The Balaban J connectivity index is 1.72. The Morgan fingerprint density at radius 2 is 1.89 bits per heavy atom. The number of pyridine rings is 2. The van der Waals surface area contributed by atoms with Crippen molar-refractivity contribution in [3.8, 4) is 11.3 Å². The van der Waals surface area contributed by atoms with Crippen LogP contribution in [0.4, 0.5) is 22.1 Å². The molecule has 1 N–H and O–H groups in total. The number of hydrogen-bond acceptors (Lipinski definition) is 8. The van der Waals surface area contributed by atoms with Crippen LogP contribution in [0, 0.1) is 10.1 Å². The van der Waals surface area contributed by atoms with Crippen molar-refractivity contribution in [2.75, 3.05) is 36.0 Å². The number of rotatable bonds is 5. The Labute approximate surface area is 205 Å². The van der Waals surface area contributed by atoms with Crippen LogP contribution in [0.5, 0.6) is 0 Å². The van der Waals surface area contributed by atoms with Crippen LogP contribution < -0.4 is 15.1 Å². The number of nitrogens with one attached hydrogen (secondary N) is 1. The number of nitrogens with zero attached hydrogens (tertiary/aromatic N) is 5. The van der Waals surface area contributed by atoms with E-state index >= 15 is 0 Å². The van der Waals surface area contributed by atoms with E-state index in [1.165, 1.54) is 12.1 Å². The summed E-state index contributed by atoms with van der Waals surface area (Å²) in [6, 6.07) is 6.54. The minimum atomic E-state index is -0.637. The lowest BCUT2D eigenvalue weighted by Crippen LogP contribution is -2.45. The average Bonchev–Trinajstić information content (AvgIpc) is 2.84. The molecule has 1 saturated heterocycles. The molecule has 2 aliphatic rings. The third kappa shape index (κ3) is 6.25. The van der Waals surface area contributed by atoms with E-state index in [-0.39, 0.29) is 11.7 Å². The van der Waals surface area contributed by atoms with E-state index in [0.29, 0.717) is 22.9 Å². The molecule has 35 heavy (non-hydrogen) atoms. The Morgan fingerprint density at radius 1 is 1.17 bits per heavy atom. The molecule has 2 aromatic rings. The van der Waals surface area contributed by atoms with Gasteiger partial charge in [0.2, 0.25) is 0 Å². The van der Waals surface area contributed by atoms with E-state index in [1.54, 1.807) is 23.2 Å². The summed E-state index contributed by atoms with van der Waals surface area (Å²) >= 11 is 0. The summed E-state index contributed by atoms with van der Waals surface area (Å²) in [6.07, 6.45) is 6.20. The fourth-order valence-electron chi connectivity index (χ4n) is 4.60. The first-order valence-corrected chi connectivity index (χ1v) is 12.3. The highest BCUT2D eigenvalue weighted by molar-refractivity contribution is 5.88. The van der Waals surface area contributed by atoms with Crippen molar-refractivity contribution in [2.45, 2.75) is 64.5 Å². The van der Waals surface area contributed by atoms with Crippen molar-refractivity contribution >= 4 is 23.4 Å². The predicted molar refractivity (Wildman–Crippen MR) is 135 cm³/mol. The third-order valence-electron chi connectivity index (χ3n) is 6.27. The van der Waals surface area contributed by atoms with Crippen LogP contribution in [0.1, 0.15) is 52.9 Å². The first-order chi connectivity index (χ1) is 16.7. The molecule has 0 unspecified atom stereocenters. The van der Waals surface area contributed by atoms with Gasteiger partial charge in [0.1, 0.15) is 17.2 Å². The molecule has 1 amide bonds. The normalized spacial score (nSPS) is 17.2. The van der Waals surface area contributed by atoms with Crippen LogP contribution in [-0.2, 0) is 4.74 Å². The number of carbonyl (C=O) groups is 1.